The molecule has 0 bridgehead atoms. The number of hydrogen-bond acceptors (Lipinski definition) is 3. The molecule has 0 aliphatic rings. The maximum atomic E-state index is 11.0. The quantitative estimate of drug-likeness (QED) is 0.926. The Balaban J connectivity index is 2.33. The van der Waals surface area contributed by atoms with Crippen LogP contribution >= 0.6 is 15.9 Å². The molecule has 0 saturated carbocycles. The minimum absolute atomic E-state index is 0.146. The van der Waals surface area contributed by atoms with Crippen LogP contribution in [0.25, 0.3) is 0 Å². The van der Waals surface area contributed by atoms with Crippen molar-refractivity contribution in [3.05, 3.63) is 52.5 Å². The molecular formula is C14H11BrO4. The number of carboxylic acid groups (broad SMARTS) is 1. The minimum Gasteiger partial charge on any atom is -0.493 e. The van der Waals surface area contributed by atoms with Crippen molar-refractivity contribution in [3.8, 4) is 17.2 Å². The van der Waals surface area contributed by atoms with Gasteiger partial charge in [-0.3, -0.25) is 0 Å². The van der Waals surface area contributed by atoms with Crippen LogP contribution in [0.3, 0.4) is 0 Å². The predicted octanol–water partition coefficient (Wildman–Crippen LogP) is 3.95. The van der Waals surface area contributed by atoms with E-state index in [0.29, 0.717) is 21.7 Å². The zero-order valence-electron chi connectivity index (χ0n) is 10.1. The molecule has 0 aliphatic carbocycles. The van der Waals surface area contributed by atoms with Crippen molar-refractivity contribution >= 4 is 21.9 Å². The van der Waals surface area contributed by atoms with Gasteiger partial charge < -0.3 is 14.6 Å². The number of hydrogen-bond donors (Lipinski definition) is 1. The Morgan fingerprint density at radius 3 is 2.47 bits per heavy atom. The smallest absolute Gasteiger partial charge is 0.336 e. The van der Waals surface area contributed by atoms with Gasteiger partial charge in [-0.25, -0.2) is 4.79 Å². The molecule has 0 radical (unpaired) electrons. The van der Waals surface area contributed by atoms with Crippen LogP contribution in [0.15, 0.2) is 46.9 Å². The standard InChI is InChI=1S/C14H11BrO4/c1-18-12-4-2-3-5-13(12)19-9-6-7-11(15)10(8-9)14(16)17/h2-8H,1H3,(H,16,17). The van der Waals surface area contributed by atoms with Gasteiger partial charge in [-0.2, -0.15) is 0 Å². The van der Waals surface area contributed by atoms with Crippen molar-refractivity contribution in [3.63, 3.8) is 0 Å². The van der Waals surface area contributed by atoms with Crippen molar-refractivity contribution in [1.29, 1.82) is 0 Å². The molecule has 2 aromatic carbocycles. The Hall–Kier alpha value is -2.01. The maximum Gasteiger partial charge on any atom is 0.336 e. The molecule has 0 aliphatic heterocycles. The number of carbonyl (C=O) groups is 1. The van der Waals surface area contributed by atoms with Crippen molar-refractivity contribution in [2.75, 3.05) is 7.11 Å². The van der Waals surface area contributed by atoms with Crippen molar-refractivity contribution in [2.24, 2.45) is 0 Å². The van der Waals surface area contributed by atoms with E-state index in [9.17, 15) is 4.79 Å². The summed E-state index contributed by atoms with van der Waals surface area (Å²) in [6, 6.07) is 11.9. The number of methoxy groups -OCH3 is 1. The lowest BCUT2D eigenvalue weighted by molar-refractivity contribution is 0.0695. The Kier molecular flexibility index (Phi) is 4.06. The first-order valence-corrected chi connectivity index (χ1v) is 6.25. The third-order valence-corrected chi connectivity index (χ3v) is 3.16. The first-order valence-electron chi connectivity index (χ1n) is 5.45. The first kappa shape index (κ1) is 13.4. The van der Waals surface area contributed by atoms with Crippen LogP contribution in [0.1, 0.15) is 10.4 Å². The lowest BCUT2D eigenvalue weighted by Gasteiger charge is -2.10. The van der Waals surface area contributed by atoms with Crippen LogP contribution in [-0.2, 0) is 0 Å². The van der Waals surface area contributed by atoms with E-state index in [4.69, 9.17) is 14.6 Å². The van der Waals surface area contributed by atoms with Gasteiger partial charge in [0.2, 0.25) is 0 Å². The monoisotopic (exact) mass is 322 g/mol. The second-order valence-electron chi connectivity index (χ2n) is 3.70. The number of rotatable bonds is 4. The molecule has 2 aromatic rings. The van der Waals surface area contributed by atoms with E-state index >= 15 is 0 Å². The van der Waals surface area contributed by atoms with Gasteiger partial charge in [-0.15, -0.1) is 0 Å². The Morgan fingerprint density at radius 2 is 1.84 bits per heavy atom. The SMILES string of the molecule is COc1ccccc1Oc1ccc(Br)c(C(=O)O)c1. The number of ether oxygens (including phenoxy) is 2. The van der Waals surface area contributed by atoms with E-state index < -0.39 is 5.97 Å². The maximum absolute atomic E-state index is 11.0. The number of aromatic carboxylic acids is 1. The molecule has 0 saturated heterocycles. The molecule has 0 aromatic heterocycles. The van der Waals surface area contributed by atoms with Gasteiger partial charge in [0.15, 0.2) is 11.5 Å². The van der Waals surface area contributed by atoms with E-state index in [1.54, 1.807) is 31.4 Å². The van der Waals surface area contributed by atoms with Crippen LogP contribution in [0.5, 0.6) is 17.2 Å². The fourth-order valence-corrected chi connectivity index (χ4v) is 1.98. The van der Waals surface area contributed by atoms with Crippen LogP contribution in [0.4, 0.5) is 0 Å². The highest BCUT2D eigenvalue weighted by molar-refractivity contribution is 9.10. The lowest BCUT2D eigenvalue weighted by atomic mass is 10.2. The summed E-state index contributed by atoms with van der Waals surface area (Å²) < 4.78 is 11.3. The lowest BCUT2D eigenvalue weighted by Crippen LogP contribution is -1.98. The largest absolute Gasteiger partial charge is 0.493 e. The average Bonchev–Trinajstić information content (AvgIpc) is 2.41. The molecule has 98 valence electrons. The zero-order valence-corrected chi connectivity index (χ0v) is 11.7. The van der Waals surface area contributed by atoms with Gasteiger partial charge in [-0.1, -0.05) is 12.1 Å². The van der Waals surface area contributed by atoms with Gasteiger partial charge in [0.05, 0.1) is 12.7 Å². The topological polar surface area (TPSA) is 55.8 Å². The fourth-order valence-electron chi connectivity index (χ4n) is 1.56. The summed E-state index contributed by atoms with van der Waals surface area (Å²) >= 11 is 3.18. The van der Waals surface area contributed by atoms with E-state index in [-0.39, 0.29) is 5.56 Å². The van der Waals surface area contributed by atoms with Gasteiger partial charge in [0.1, 0.15) is 5.75 Å². The van der Waals surface area contributed by atoms with Crippen molar-refractivity contribution < 1.29 is 19.4 Å². The molecule has 19 heavy (non-hydrogen) atoms. The highest BCUT2D eigenvalue weighted by atomic mass is 79.9. The summed E-state index contributed by atoms with van der Waals surface area (Å²) in [5.74, 6) is 0.536. The first-order chi connectivity index (χ1) is 9.11. The van der Waals surface area contributed by atoms with Gasteiger partial charge in [0.25, 0.3) is 0 Å². The van der Waals surface area contributed by atoms with Crippen LogP contribution in [-0.4, -0.2) is 18.2 Å². The predicted molar refractivity (Wildman–Crippen MR) is 74.2 cm³/mol. The van der Waals surface area contributed by atoms with E-state index in [0.717, 1.165) is 0 Å². The Morgan fingerprint density at radius 1 is 1.16 bits per heavy atom. The Labute approximate surface area is 118 Å². The number of benzene rings is 2. The Bertz CT molecular complexity index is 610. The second kappa shape index (κ2) is 5.75. The van der Waals surface area contributed by atoms with Gasteiger partial charge in [0, 0.05) is 4.47 Å². The highest BCUT2D eigenvalue weighted by Gasteiger charge is 2.11. The molecule has 0 heterocycles. The van der Waals surface area contributed by atoms with Crippen molar-refractivity contribution in [2.45, 2.75) is 0 Å². The van der Waals surface area contributed by atoms with Gasteiger partial charge in [-0.05, 0) is 46.3 Å². The van der Waals surface area contributed by atoms with E-state index in [1.807, 2.05) is 12.1 Å². The van der Waals surface area contributed by atoms with Crippen molar-refractivity contribution in [1.82, 2.24) is 0 Å². The van der Waals surface area contributed by atoms with Crippen LogP contribution < -0.4 is 9.47 Å². The van der Waals surface area contributed by atoms with Gasteiger partial charge >= 0.3 is 5.97 Å². The van der Waals surface area contributed by atoms with E-state index in [2.05, 4.69) is 15.9 Å². The summed E-state index contributed by atoms with van der Waals surface area (Å²) in [5.41, 5.74) is 0.146. The molecule has 0 amide bonds. The molecule has 4 nitrogen and oxygen atoms in total. The molecule has 0 spiro atoms. The van der Waals surface area contributed by atoms with E-state index in [1.165, 1.54) is 6.07 Å². The summed E-state index contributed by atoms with van der Waals surface area (Å²) in [4.78, 5) is 11.0. The third-order valence-electron chi connectivity index (χ3n) is 2.47. The summed E-state index contributed by atoms with van der Waals surface area (Å²) in [6.45, 7) is 0. The summed E-state index contributed by atoms with van der Waals surface area (Å²) in [5, 5.41) is 9.05. The summed E-state index contributed by atoms with van der Waals surface area (Å²) in [6.07, 6.45) is 0. The summed E-state index contributed by atoms with van der Waals surface area (Å²) in [7, 11) is 1.55. The molecular weight excluding hydrogens is 312 g/mol. The zero-order chi connectivity index (χ0) is 13.8. The molecule has 5 heteroatoms. The molecule has 2 rings (SSSR count). The number of para-hydroxylation sites is 2. The normalized spacial score (nSPS) is 10.0. The molecule has 1 N–H and O–H groups in total. The average molecular weight is 323 g/mol. The molecule has 0 unspecified atom stereocenters. The van der Waals surface area contributed by atoms with Crippen LogP contribution in [0.2, 0.25) is 0 Å². The second-order valence-corrected chi connectivity index (χ2v) is 4.55. The third kappa shape index (κ3) is 3.06. The molecule has 0 atom stereocenters. The van der Waals surface area contributed by atoms with Crippen LogP contribution in [0, 0.1) is 0 Å². The fraction of sp³-hybridized carbons (Fsp3) is 0.0714. The number of carboxylic acids is 1. The molecule has 0 fully saturated rings. The highest BCUT2D eigenvalue weighted by Crippen LogP contribution is 2.32. The minimum atomic E-state index is -1.02. The number of halogens is 1.